The summed E-state index contributed by atoms with van der Waals surface area (Å²) in [6.07, 6.45) is 1.75. The lowest BCUT2D eigenvalue weighted by Gasteiger charge is -2.24. The number of phosphoric acid groups is 1. The Hall–Kier alpha value is -3.99. The molecule has 0 spiro atoms. The van der Waals surface area contributed by atoms with Crippen molar-refractivity contribution in [1.29, 1.82) is 0 Å². The molecule has 0 bridgehead atoms. The minimum absolute atomic E-state index is 0.212. The zero-order chi connectivity index (χ0) is 30.5. The van der Waals surface area contributed by atoms with Gasteiger partial charge < -0.3 is 9.26 Å². The van der Waals surface area contributed by atoms with Gasteiger partial charge in [-0.3, -0.25) is 9.79 Å². The molecule has 0 amide bonds. The minimum Gasteiger partial charge on any atom is -0.404 e. The van der Waals surface area contributed by atoms with Crippen molar-refractivity contribution in [3.05, 3.63) is 161 Å². The second kappa shape index (κ2) is 16.0. The molecule has 5 aromatic rings. The number of hydrogen-bond donors (Lipinski definition) is 2. The summed E-state index contributed by atoms with van der Waals surface area (Å²) in [5, 5.41) is 0. The van der Waals surface area contributed by atoms with Crippen LogP contribution in [-0.2, 0) is 28.6 Å². The van der Waals surface area contributed by atoms with E-state index in [1.165, 1.54) is 0 Å². The smallest absolute Gasteiger partial charge is 0.404 e. The zero-order valence-electron chi connectivity index (χ0n) is 24.7. The van der Waals surface area contributed by atoms with Crippen molar-refractivity contribution in [2.45, 2.75) is 33.1 Å². The van der Waals surface area contributed by atoms with Gasteiger partial charge in [0.1, 0.15) is 5.75 Å². The third-order valence-corrected chi connectivity index (χ3v) is 7.44. The first-order chi connectivity index (χ1) is 20.9. The van der Waals surface area contributed by atoms with Crippen molar-refractivity contribution >= 4 is 7.82 Å². The summed E-state index contributed by atoms with van der Waals surface area (Å²) >= 11 is 0. The van der Waals surface area contributed by atoms with Gasteiger partial charge in [-0.1, -0.05) is 121 Å². The van der Waals surface area contributed by atoms with Crippen LogP contribution in [0.3, 0.4) is 0 Å². The summed E-state index contributed by atoms with van der Waals surface area (Å²) in [6.45, 7) is 5.67. The molecule has 43 heavy (non-hydrogen) atoms. The van der Waals surface area contributed by atoms with Gasteiger partial charge in [-0.25, -0.2) is 4.57 Å². The van der Waals surface area contributed by atoms with Crippen LogP contribution in [0.5, 0.6) is 5.75 Å². The fraction of sp³-hybridized carbons (Fsp3) is 0.189. The van der Waals surface area contributed by atoms with Gasteiger partial charge in [0, 0.05) is 25.2 Å². The largest absolute Gasteiger partial charge is 0.524 e. The van der Waals surface area contributed by atoms with Gasteiger partial charge in [0.05, 0.1) is 0 Å². The lowest BCUT2D eigenvalue weighted by Crippen LogP contribution is -2.09. The standard InChI is InChI=1S/C33H29O4P.C4H10O/c34-38(35,36)37-33-24-29(28-19-11-4-12-20-28)30(21-25-13-5-1-6-14-25)31(22-26-15-7-2-8-16-26)32(33)23-27-17-9-3-10-18-27;1-3-5-4-2/h1-20,24H,21-23H2,(H2,34,35,36);3-4H2,1-2H3. The molecule has 0 atom stereocenters. The second-order valence-corrected chi connectivity index (χ2v) is 11.2. The van der Waals surface area contributed by atoms with E-state index in [0.29, 0.717) is 19.3 Å². The number of hydrogen-bond acceptors (Lipinski definition) is 3. The van der Waals surface area contributed by atoms with Crippen molar-refractivity contribution in [1.82, 2.24) is 0 Å². The molecule has 0 saturated carbocycles. The quantitative estimate of drug-likeness (QED) is 0.150. The van der Waals surface area contributed by atoms with Crippen molar-refractivity contribution in [2.24, 2.45) is 0 Å². The maximum Gasteiger partial charge on any atom is 0.524 e. The first-order valence-electron chi connectivity index (χ1n) is 14.6. The normalized spacial score (nSPS) is 11.0. The Morgan fingerprint density at radius 2 is 0.953 bits per heavy atom. The first-order valence-corrected chi connectivity index (χ1v) is 16.1. The van der Waals surface area contributed by atoms with E-state index in [2.05, 4.69) is 24.3 Å². The lowest BCUT2D eigenvalue weighted by molar-refractivity contribution is 0.162. The molecule has 5 nitrogen and oxygen atoms in total. The van der Waals surface area contributed by atoms with Gasteiger partial charge >= 0.3 is 7.82 Å². The first kappa shape index (κ1) is 31.9. The predicted molar refractivity (Wildman–Crippen MR) is 174 cm³/mol. The lowest BCUT2D eigenvalue weighted by atomic mass is 9.83. The third-order valence-electron chi connectivity index (χ3n) is 7.01. The minimum atomic E-state index is -4.81. The highest BCUT2D eigenvalue weighted by atomic mass is 31.2. The summed E-state index contributed by atoms with van der Waals surface area (Å²) in [5.74, 6) is 0.212. The molecule has 0 radical (unpaired) electrons. The number of phosphoric ester groups is 1. The molecule has 2 N–H and O–H groups in total. The molecular weight excluding hydrogens is 555 g/mol. The van der Waals surface area contributed by atoms with Crippen molar-refractivity contribution in [2.75, 3.05) is 13.2 Å². The van der Waals surface area contributed by atoms with Crippen LogP contribution in [0.25, 0.3) is 11.1 Å². The predicted octanol–water partition coefficient (Wildman–Crippen LogP) is 8.64. The topological polar surface area (TPSA) is 76.0 Å². The Bertz CT molecular complexity index is 1580. The molecule has 5 rings (SSSR count). The second-order valence-electron chi connectivity index (χ2n) is 10.1. The molecule has 0 aliphatic rings. The van der Waals surface area contributed by atoms with E-state index in [1.807, 2.05) is 111 Å². The van der Waals surface area contributed by atoms with Gasteiger partial charge in [0.25, 0.3) is 0 Å². The van der Waals surface area contributed by atoms with Crippen LogP contribution in [0.4, 0.5) is 0 Å². The molecule has 0 fully saturated rings. The van der Waals surface area contributed by atoms with Crippen LogP contribution >= 0.6 is 7.82 Å². The molecule has 6 heteroatoms. The molecule has 0 aromatic heterocycles. The Kier molecular flexibility index (Phi) is 11.9. The maximum atomic E-state index is 12.2. The SMILES string of the molecule is CCOCC.O=P(O)(O)Oc1cc(-c2ccccc2)c(Cc2ccccc2)c(Cc2ccccc2)c1Cc1ccccc1. The van der Waals surface area contributed by atoms with Gasteiger partial charge in [-0.2, -0.15) is 0 Å². The van der Waals surface area contributed by atoms with Crippen LogP contribution < -0.4 is 4.52 Å². The fourth-order valence-electron chi connectivity index (χ4n) is 5.10. The monoisotopic (exact) mass is 594 g/mol. The molecule has 0 aliphatic carbocycles. The molecule has 222 valence electrons. The maximum absolute atomic E-state index is 12.2. The van der Waals surface area contributed by atoms with Gasteiger partial charge in [0.2, 0.25) is 0 Å². The van der Waals surface area contributed by atoms with E-state index in [-0.39, 0.29) is 5.75 Å². The van der Waals surface area contributed by atoms with Crippen LogP contribution in [-0.4, -0.2) is 23.0 Å². The average Bonchev–Trinajstić information content (AvgIpc) is 3.02. The summed E-state index contributed by atoms with van der Waals surface area (Å²) < 4.78 is 22.4. The molecule has 5 aromatic carbocycles. The fourth-order valence-corrected chi connectivity index (χ4v) is 5.52. The Morgan fingerprint density at radius 1 is 0.558 bits per heavy atom. The average molecular weight is 595 g/mol. The highest BCUT2D eigenvalue weighted by Gasteiger charge is 2.25. The van der Waals surface area contributed by atoms with Crippen molar-refractivity contribution < 1.29 is 23.6 Å². The van der Waals surface area contributed by atoms with Crippen LogP contribution in [0, 0.1) is 0 Å². The van der Waals surface area contributed by atoms with E-state index < -0.39 is 7.82 Å². The van der Waals surface area contributed by atoms with Crippen LogP contribution in [0.2, 0.25) is 0 Å². The number of rotatable bonds is 11. The summed E-state index contributed by atoms with van der Waals surface area (Å²) in [6, 6.07) is 42.2. The molecule has 0 aliphatic heterocycles. The molecule has 0 saturated heterocycles. The van der Waals surface area contributed by atoms with Gasteiger partial charge in [-0.15, -0.1) is 0 Å². The van der Waals surface area contributed by atoms with Crippen LogP contribution in [0.15, 0.2) is 127 Å². The third kappa shape index (κ3) is 9.77. The molecule has 0 unspecified atom stereocenters. The Labute approximate surface area is 255 Å². The molecule has 0 heterocycles. The van der Waals surface area contributed by atoms with E-state index in [4.69, 9.17) is 9.26 Å². The zero-order valence-corrected chi connectivity index (χ0v) is 25.6. The van der Waals surface area contributed by atoms with E-state index >= 15 is 0 Å². The van der Waals surface area contributed by atoms with E-state index in [1.54, 1.807) is 6.07 Å². The van der Waals surface area contributed by atoms with Crippen molar-refractivity contribution in [3.63, 3.8) is 0 Å². The number of ether oxygens (including phenoxy) is 1. The van der Waals surface area contributed by atoms with E-state index in [0.717, 1.165) is 57.7 Å². The number of benzene rings is 5. The highest BCUT2D eigenvalue weighted by molar-refractivity contribution is 7.46. The van der Waals surface area contributed by atoms with E-state index in [9.17, 15) is 14.4 Å². The Morgan fingerprint density at radius 3 is 1.35 bits per heavy atom. The van der Waals surface area contributed by atoms with Gasteiger partial charge in [-0.05, 0) is 71.7 Å². The Balaban J connectivity index is 0.000000782. The molecular formula is C37H39O5P. The highest BCUT2D eigenvalue weighted by Crippen LogP contribution is 2.45. The van der Waals surface area contributed by atoms with Crippen LogP contribution in [0.1, 0.15) is 47.2 Å². The summed E-state index contributed by atoms with van der Waals surface area (Å²) in [4.78, 5) is 19.8. The van der Waals surface area contributed by atoms with Gasteiger partial charge in [0.15, 0.2) is 0 Å². The summed E-state index contributed by atoms with van der Waals surface area (Å²) in [5.41, 5.74) is 8.11. The summed E-state index contributed by atoms with van der Waals surface area (Å²) in [7, 11) is -4.81. The van der Waals surface area contributed by atoms with Crippen molar-refractivity contribution in [3.8, 4) is 16.9 Å².